The van der Waals surface area contributed by atoms with Crippen LogP contribution in [-0.4, -0.2) is 24.0 Å². The fourth-order valence-corrected chi connectivity index (χ4v) is 6.92. The zero-order valence-electron chi connectivity index (χ0n) is 21.1. The van der Waals surface area contributed by atoms with Crippen LogP contribution in [-0.2, 0) is 17.6 Å². The first-order chi connectivity index (χ1) is 17.6. The number of nitrogens with one attached hydrogen (secondary N) is 1. The minimum atomic E-state index is -0.534. The highest BCUT2D eigenvalue weighted by molar-refractivity contribution is 7.21. The number of fused-ring (bicyclic) bond motifs is 2. The molecule has 1 aromatic carbocycles. The molecule has 192 valence electrons. The van der Waals surface area contributed by atoms with Gasteiger partial charge in [0.25, 0.3) is 5.91 Å². The highest BCUT2D eigenvalue weighted by Gasteiger charge is 2.31. The zero-order chi connectivity index (χ0) is 26.5. The van der Waals surface area contributed by atoms with Crippen LogP contribution in [0.15, 0.2) is 35.7 Å². The van der Waals surface area contributed by atoms with E-state index in [-0.39, 0.29) is 11.3 Å². The van der Waals surface area contributed by atoms with E-state index in [9.17, 15) is 9.59 Å². The minimum absolute atomic E-state index is 0.223. The molecule has 3 aromatic heterocycles. The molecular formula is C28H28ClN3O3S2. The number of methoxy groups -OCH3 is 1. The van der Waals surface area contributed by atoms with E-state index in [2.05, 4.69) is 32.2 Å². The Morgan fingerprint density at radius 3 is 2.62 bits per heavy atom. The number of halogens is 1. The van der Waals surface area contributed by atoms with Gasteiger partial charge in [0, 0.05) is 27.0 Å². The molecule has 4 aromatic rings. The average molecular weight is 554 g/mol. The van der Waals surface area contributed by atoms with Gasteiger partial charge in [0.15, 0.2) is 0 Å². The summed E-state index contributed by atoms with van der Waals surface area (Å²) in [6, 6.07) is 9.26. The van der Waals surface area contributed by atoms with Crippen molar-refractivity contribution in [2.24, 2.45) is 11.3 Å². The third-order valence-corrected chi connectivity index (χ3v) is 9.34. The number of nitrogens with zero attached hydrogens (tertiary/aromatic N) is 1. The quantitative estimate of drug-likeness (QED) is 0.256. The second-order valence-electron chi connectivity index (χ2n) is 10.4. The van der Waals surface area contributed by atoms with E-state index in [1.54, 1.807) is 12.1 Å². The van der Waals surface area contributed by atoms with Gasteiger partial charge in [0.1, 0.15) is 20.3 Å². The van der Waals surface area contributed by atoms with Gasteiger partial charge in [-0.3, -0.25) is 4.79 Å². The van der Waals surface area contributed by atoms with E-state index in [0.717, 1.165) is 40.7 Å². The summed E-state index contributed by atoms with van der Waals surface area (Å²) in [5, 5.41) is 6.52. The maximum Gasteiger partial charge on any atom is 0.341 e. The molecular weight excluding hydrogens is 526 g/mol. The van der Waals surface area contributed by atoms with Crippen molar-refractivity contribution in [3.05, 3.63) is 62.4 Å². The predicted molar refractivity (Wildman–Crippen MR) is 153 cm³/mol. The Bertz CT molecular complexity index is 1520. The molecule has 37 heavy (non-hydrogen) atoms. The van der Waals surface area contributed by atoms with E-state index in [4.69, 9.17) is 27.1 Å². The molecule has 9 heteroatoms. The van der Waals surface area contributed by atoms with Crippen LogP contribution in [0.25, 0.3) is 21.3 Å². The first-order valence-corrected chi connectivity index (χ1v) is 14.1. The summed E-state index contributed by atoms with van der Waals surface area (Å²) in [4.78, 5) is 32.1. The smallest absolute Gasteiger partial charge is 0.341 e. The summed E-state index contributed by atoms with van der Waals surface area (Å²) >= 11 is 8.57. The fraction of sp³-hybridized carbons (Fsp3) is 0.321. The summed E-state index contributed by atoms with van der Waals surface area (Å²) in [7, 11) is 1.32. The minimum Gasteiger partial charge on any atom is -0.465 e. The van der Waals surface area contributed by atoms with Gasteiger partial charge in [-0.1, -0.05) is 44.5 Å². The Kier molecular flexibility index (Phi) is 6.77. The number of nitrogens with two attached hydrogens (primary N) is 1. The van der Waals surface area contributed by atoms with Crippen LogP contribution in [0.2, 0.25) is 5.02 Å². The molecule has 0 saturated carbocycles. The highest BCUT2D eigenvalue weighted by atomic mass is 35.5. The topological polar surface area (TPSA) is 94.3 Å². The van der Waals surface area contributed by atoms with Gasteiger partial charge in [-0.2, -0.15) is 0 Å². The Labute approximate surface area is 228 Å². The van der Waals surface area contributed by atoms with Crippen molar-refractivity contribution >= 4 is 67.1 Å². The monoisotopic (exact) mass is 553 g/mol. The lowest BCUT2D eigenvalue weighted by molar-refractivity contribution is 0.0603. The van der Waals surface area contributed by atoms with Gasteiger partial charge in [-0.05, 0) is 59.9 Å². The lowest BCUT2D eigenvalue weighted by Gasteiger charge is -2.34. The molecule has 1 unspecified atom stereocenters. The largest absolute Gasteiger partial charge is 0.465 e. The number of hydrogen-bond acceptors (Lipinski definition) is 7. The molecule has 0 aliphatic heterocycles. The molecule has 1 atom stereocenters. The number of aryl methyl sites for hydroxylation is 1. The van der Waals surface area contributed by atoms with E-state index >= 15 is 0 Å². The molecule has 0 bridgehead atoms. The summed E-state index contributed by atoms with van der Waals surface area (Å²) in [5.41, 5.74) is 11.2. The molecule has 5 rings (SSSR count). The van der Waals surface area contributed by atoms with Crippen molar-refractivity contribution in [2.45, 2.75) is 40.0 Å². The molecule has 0 fully saturated rings. The molecule has 1 aliphatic rings. The number of carbonyl (C=O) groups is 2. The molecule has 0 radical (unpaired) electrons. The number of carbonyl (C=O) groups excluding carboxylic acids is 2. The number of rotatable bonds is 4. The van der Waals surface area contributed by atoms with Crippen molar-refractivity contribution in [1.82, 2.24) is 4.98 Å². The van der Waals surface area contributed by atoms with Gasteiger partial charge in [-0.25, -0.2) is 9.78 Å². The summed E-state index contributed by atoms with van der Waals surface area (Å²) in [6.45, 7) is 6.84. The van der Waals surface area contributed by atoms with Crippen LogP contribution < -0.4 is 11.1 Å². The number of nitrogen functional groups attached to an aromatic ring is 1. The average Bonchev–Trinajstić information content (AvgIpc) is 3.42. The maximum atomic E-state index is 13.4. The van der Waals surface area contributed by atoms with Crippen LogP contribution in [0.1, 0.15) is 58.5 Å². The summed E-state index contributed by atoms with van der Waals surface area (Å²) < 4.78 is 5.03. The number of anilines is 2. The van der Waals surface area contributed by atoms with Crippen molar-refractivity contribution in [1.29, 1.82) is 0 Å². The molecule has 3 heterocycles. The number of hydrogen-bond donors (Lipinski definition) is 2. The maximum absolute atomic E-state index is 13.4. The standard InChI is InChI=1S/C28H28ClN3O3S2/c1-28(2,3)16-7-10-20-15(11-16)12-18-22(30)23(37-25(18)31-20)24(33)32-26-21(27(34)35-4)19(13-36-26)14-5-8-17(29)9-6-14/h5-6,8-9,12-13,16H,7,10-11,30H2,1-4H3,(H,32,33). The first kappa shape index (κ1) is 25.7. The molecule has 1 aliphatic carbocycles. The SMILES string of the molecule is COC(=O)c1c(-c2ccc(Cl)cc2)csc1NC(=O)c1sc2nc3c(cc2c1N)CC(C(C)(C)C)CC3. The molecule has 1 amide bonds. The lowest BCUT2D eigenvalue weighted by atomic mass is 9.71. The Morgan fingerprint density at radius 1 is 1.22 bits per heavy atom. The van der Waals surface area contributed by atoms with Crippen LogP contribution in [0, 0.1) is 11.3 Å². The van der Waals surface area contributed by atoms with E-state index in [1.807, 2.05) is 17.5 Å². The van der Waals surface area contributed by atoms with Gasteiger partial charge < -0.3 is 15.8 Å². The van der Waals surface area contributed by atoms with E-state index in [1.165, 1.54) is 35.3 Å². The van der Waals surface area contributed by atoms with Crippen LogP contribution in [0.5, 0.6) is 0 Å². The number of thiophene rings is 2. The van der Waals surface area contributed by atoms with E-state index in [0.29, 0.717) is 37.6 Å². The fourth-order valence-electron chi connectivity index (χ4n) is 4.85. The molecule has 6 nitrogen and oxygen atoms in total. The van der Waals surface area contributed by atoms with Gasteiger partial charge in [0.2, 0.25) is 0 Å². The summed E-state index contributed by atoms with van der Waals surface area (Å²) in [5.74, 6) is -0.332. The molecule has 0 saturated heterocycles. The van der Waals surface area contributed by atoms with Crippen molar-refractivity contribution in [3.8, 4) is 11.1 Å². The van der Waals surface area contributed by atoms with Crippen LogP contribution >= 0.6 is 34.3 Å². The Hall–Kier alpha value is -2.94. The highest BCUT2D eigenvalue weighted by Crippen LogP contribution is 2.41. The van der Waals surface area contributed by atoms with E-state index < -0.39 is 5.97 Å². The van der Waals surface area contributed by atoms with Gasteiger partial charge in [0.05, 0.1) is 12.8 Å². The third-order valence-electron chi connectivity index (χ3n) is 7.08. The zero-order valence-corrected chi connectivity index (χ0v) is 23.5. The van der Waals surface area contributed by atoms with Crippen molar-refractivity contribution in [2.75, 3.05) is 18.2 Å². The van der Waals surface area contributed by atoms with Crippen LogP contribution in [0.4, 0.5) is 10.7 Å². The summed E-state index contributed by atoms with van der Waals surface area (Å²) in [6.07, 6.45) is 3.00. The number of pyridine rings is 1. The number of benzene rings is 1. The number of amides is 1. The number of ether oxygens (including phenoxy) is 1. The molecule has 0 spiro atoms. The predicted octanol–water partition coefficient (Wildman–Crippen LogP) is 7.45. The van der Waals surface area contributed by atoms with Crippen LogP contribution in [0.3, 0.4) is 0 Å². The van der Waals surface area contributed by atoms with Crippen molar-refractivity contribution in [3.63, 3.8) is 0 Å². The normalized spacial score (nSPS) is 15.4. The Balaban J connectivity index is 1.48. The number of aromatic nitrogens is 1. The Morgan fingerprint density at radius 2 is 1.95 bits per heavy atom. The second kappa shape index (κ2) is 9.74. The van der Waals surface area contributed by atoms with Gasteiger partial charge in [-0.15, -0.1) is 22.7 Å². The first-order valence-electron chi connectivity index (χ1n) is 12.0. The third kappa shape index (κ3) is 4.85. The molecule has 3 N–H and O–H groups in total. The number of esters is 1. The van der Waals surface area contributed by atoms with Gasteiger partial charge >= 0.3 is 5.97 Å². The van der Waals surface area contributed by atoms with Crippen molar-refractivity contribution < 1.29 is 14.3 Å². The second-order valence-corrected chi connectivity index (χ2v) is 12.7. The lowest BCUT2D eigenvalue weighted by Crippen LogP contribution is -2.27.